The van der Waals surface area contributed by atoms with Crippen molar-refractivity contribution >= 4 is 37.4 Å². The molecule has 6 rings (SSSR count). The van der Waals surface area contributed by atoms with Gasteiger partial charge in [-0.2, -0.15) is 35.0 Å². The number of fused-ring (bicyclic) bond motifs is 2. The molecule has 0 saturated heterocycles. The van der Waals surface area contributed by atoms with Crippen molar-refractivity contribution in [2.75, 3.05) is 0 Å². The Labute approximate surface area is 229 Å². The molecule has 4 heteroatoms. The van der Waals surface area contributed by atoms with E-state index in [0.29, 0.717) is 0 Å². The zero-order valence-corrected chi connectivity index (χ0v) is 24.7. The summed E-state index contributed by atoms with van der Waals surface area (Å²) in [6.07, 6.45) is 0. The molecular formula is C30H24Cl2HfSi-2. The number of hydrogen-bond acceptors (Lipinski definition) is 0. The molecule has 34 heavy (non-hydrogen) atoms. The fourth-order valence-corrected chi connectivity index (χ4v) is 8.49. The number of benzene rings is 4. The minimum absolute atomic E-state index is 0. The average Bonchev–Trinajstić information content (AvgIpc) is 3.55. The van der Waals surface area contributed by atoms with Crippen LogP contribution in [0, 0.1) is 0 Å². The normalized spacial score (nSPS) is 9.47. The van der Waals surface area contributed by atoms with Gasteiger partial charge in [0, 0.05) is 0 Å². The van der Waals surface area contributed by atoms with E-state index < -0.39 is 5.49 Å². The van der Waals surface area contributed by atoms with E-state index in [9.17, 15) is 0 Å². The number of hydrogen-bond donors (Lipinski definition) is 0. The summed E-state index contributed by atoms with van der Waals surface area (Å²) in [6.45, 7) is 0. The summed E-state index contributed by atoms with van der Waals surface area (Å²) in [5.41, 5.74) is -0.406. The van der Waals surface area contributed by atoms with Gasteiger partial charge in [0.1, 0.15) is 0 Å². The number of halogens is 2. The molecule has 0 saturated carbocycles. The van der Waals surface area contributed by atoms with Crippen molar-refractivity contribution in [3.05, 3.63) is 146 Å². The van der Waals surface area contributed by atoms with Crippen LogP contribution in [-0.4, -0.2) is 5.49 Å². The molecule has 0 N–H and O–H groups in total. The van der Waals surface area contributed by atoms with Crippen molar-refractivity contribution in [3.8, 4) is 0 Å². The standard InChI is InChI=1S/C12H10Si.2C9H7.2ClH.Hf/c1-3-7-11(8-4-1)13-12-9-5-2-6-10-12;2*1-2-5-9-7-3-6-8(9)4-1;;;/h1-10H;2*1-7H;2*1H;/q;2*-1;;;+2/p-2. The SMILES string of the molecule is [Cl-].[Cl-].[Hf+2]=[Si](c1ccccc1)c1ccccc1.c1ccc2[cH-]ccc2c1.c1ccc2[cH-]ccc2c1. The summed E-state index contributed by atoms with van der Waals surface area (Å²) in [5.74, 6) is 0. The molecule has 168 valence electrons. The molecular weight excluding hydrogens is 638 g/mol. The molecule has 0 radical (unpaired) electrons. The Bertz CT molecular complexity index is 1220. The fraction of sp³-hybridized carbons (Fsp3) is 0. The monoisotopic (exact) mass is 662 g/mol. The second-order valence-corrected chi connectivity index (χ2v) is 14.7. The van der Waals surface area contributed by atoms with Crippen molar-refractivity contribution in [2.24, 2.45) is 0 Å². The van der Waals surface area contributed by atoms with Crippen molar-refractivity contribution in [1.82, 2.24) is 0 Å². The van der Waals surface area contributed by atoms with Gasteiger partial charge in [0.05, 0.1) is 0 Å². The number of rotatable bonds is 2. The predicted octanol–water partition coefficient (Wildman–Crippen LogP) is 0.465. The Morgan fingerprint density at radius 3 is 1.18 bits per heavy atom. The summed E-state index contributed by atoms with van der Waals surface area (Å²) < 4.78 is 0. The molecule has 0 amide bonds. The Balaban J connectivity index is 0.000000181. The Hall–Kier alpha value is -2.23. The Morgan fingerprint density at radius 2 is 0.794 bits per heavy atom. The minimum atomic E-state index is -0.406. The summed E-state index contributed by atoms with van der Waals surface area (Å²) >= 11 is 1.27. The van der Waals surface area contributed by atoms with E-state index in [1.807, 2.05) is 0 Å². The largest absolute Gasteiger partial charge is 0.168 e. The average molecular weight is 662 g/mol. The van der Waals surface area contributed by atoms with E-state index in [4.69, 9.17) is 0 Å². The van der Waals surface area contributed by atoms with Crippen molar-refractivity contribution in [1.29, 1.82) is 0 Å². The third kappa shape index (κ3) is 7.92. The maximum absolute atomic E-state index is 2.26. The smallest absolute Gasteiger partial charge is 0.0809 e. The molecule has 0 atom stereocenters. The van der Waals surface area contributed by atoms with Crippen LogP contribution in [0.15, 0.2) is 146 Å². The van der Waals surface area contributed by atoms with Crippen LogP contribution in [0.2, 0.25) is 0 Å². The second kappa shape index (κ2) is 14.9. The van der Waals surface area contributed by atoms with Gasteiger partial charge in [-0.05, 0) is 0 Å². The van der Waals surface area contributed by atoms with Crippen LogP contribution in [0.4, 0.5) is 0 Å². The molecule has 6 aromatic carbocycles. The van der Waals surface area contributed by atoms with Crippen LogP contribution >= 0.6 is 0 Å². The van der Waals surface area contributed by atoms with Gasteiger partial charge in [0.25, 0.3) is 0 Å². The molecule has 0 aliphatic heterocycles. The van der Waals surface area contributed by atoms with E-state index in [-0.39, 0.29) is 24.8 Å². The zero-order chi connectivity index (χ0) is 22.0. The van der Waals surface area contributed by atoms with Gasteiger partial charge in [-0.1, -0.05) is 12.1 Å². The van der Waals surface area contributed by atoms with E-state index in [1.54, 1.807) is 0 Å². The maximum atomic E-state index is 2.26. The minimum Gasteiger partial charge on any atom is -0.168 e. The van der Waals surface area contributed by atoms with Gasteiger partial charge < -0.3 is 24.8 Å². The molecule has 0 aliphatic carbocycles. The van der Waals surface area contributed by atoms with Gasteiger partial charge in [-0.3, -0.25) is 0 Å². The van der Waals surface area contributed by atoms with E-state index in [2.05, 4.69) is 146 Å². The van der Waals surface area contributed by atoms with Crippen LogP contribution in [-0.2, 0) is 23.0 Å². The second-order valence-electron chi connectivity index (χ2n) is 7.42. The Kier molecular flexibility index (Phi) is 12.3. The molecule has 0 bridgehead atoms. The quantitative estimate of drug-likeness (QED) is 0.187. The topological polar surface area (TPSA) is 0 Å². The van der Waals surface area contributed by atoms with Crippen LogP contribution in [0.3, 0.4) is 0 Å². The summed E-state index contributed by atoms with van der Waals surface area (Å²) in [7, 11) is 0. The molecule has 0 aliphatic rings. The molecule has 0 fully saturated rings. The first kappa shape index (κ1) is 28.0. The van der Waals surface area contributed by atoms with E-state index in [0.717, 1.165) is 0 Å². The van der Waals surface area contributed by atoms with Gasteiger partial charge in [-0.25, -0.2) is 0 Å². The predicted molar refractivity (Wildman–Crippen MR) is 137 cm³/mol. The molecule has 0 heterocycles. The molecule has 0 spiro atoms. The van der Waals surface area contributed by atoms with Gasteiger partial charge in [0.15, 0.2) is 0 Å². The van der Waals surface area contributed by atoms with Crippen LogP contribution in [0.1, 0.15) is 0 Å². The summed E-state index contributed by atoms with van der Waals surface area (Å²) in [5, 5.41) is 8.40. The van der Waals surface area contributed by atoms with Crippen LogP contribution in [0.25, 0.3) is 21.5 Å². The maximum Gasteiger partial charge on any atom is -0.0809 e. The van der Waals surface area contributed by atoms with Crippen molar-refractivity contribution in [3.63, 3.8) is 0 Å². The van der Waals surface area contributed by atoms with E-state index >= 15 is 0 Å². The summed E-state index contributed by atoms with van der Waals surface area (Å²) in [6, 6.07) is 51.1. The first-order valence-corrected chi connectivity index (χ1v) is 17.6. The van der Waals surface area contributed by atoms with Crippen LogP contribution < -0.4 is 35.2 Å². The van der Waals surface area contributed by atoms with E-state index in [1.165, 1.54) is 54.9 Å². The van der Waals surface area contributed by atoms with Crippen molar-refractivity contribution in [2.45, 2.75) is 0 Å². The molecule has 0 aromatic heterocycles. The fourth-order valence-electron chi connectivity index (χ4n) is 3.52. The molecule has 0 nitrogen and oxygen atoms in total. The summed E-state index contributed by atoms with van der Waals surface area (Å²) in [4.78, 5) is 0. The molecule has 0 unspecified atom stereocenters. The van der Waals surface area contributed by atoms with Gasteiger partial charge >= 0.3 is 99.5 Å². The van der Waals surface area contributed by atoms with Gasteiger partial charge in [-0.15, -0.1) is 59.3 Å². The third-order valence-electron chi connectivity index (χ3n) is 5.22. The first-order chi connectivity index (χ1) is 15.8. The van der Waals surface area contributed by atoms with Gasteiger partial charge in [0.2, 0.25) is 0 Å². The zero-order valence-electron chi connectivity index (χ0n) is 18.6. The third-order valence-corrected chi connectivity index (χ3v) is 13.3. The molecule has 6 aromatic rings. The van der Waals surface area contributed by atoms with Crippen LogP contribution in [0.5, 0.6) is 0 Å². The first-order valence-electron chi connectivity index (χ1n) is 10.7. The Morgan fingerprint density at radius 1 is 0.441 bits per heavy atom. The van der Waals surface area contributed by atoms with Crippen molar-refractivity contribution < 1.29 is 47.8 Å².